The number of urea groups is 2. The number of benzene rings is 2. The summed E-state index contributed by atoms with van der Waals surface area (Å²) in [5, 5.41) is 6.55. The monoisotopic (exact) mass is 460 g/mol. The zero-order valence-electron chi connectivity index (χ0n) is 20.6. The highest BCUT2D eigenvalue weighted by Crippen LogP contribution is 2.46. The zero-order chi connectivity index (χ0) is 23.9. The fraction of sp³-hybridized carbons (Fsp3) is 0.500. The van der Waals surface area contributed by atoms with E-state index >= 15 is 0 Å². The summed E-state index contributed by atoms with van der Waals surface area (Å²) in [6.07, 6.45) is 4.62. The van der Waals surface area contributed by atoms with E-state index in [1.54, 1.807) is 0 Å². The highest BCUT2D eigenvalue weighted by Gasteiger charge is 2.42. The molecule has 3 aliphatic rings. The first-order chi connectivity index (χ1) is 16.2. The van der Waals surface area contributed by atoms with Crippen molar-refractivity contribution in [2.45, 2.75) is 58.9 Å². The third kappa shape index (κ3) is 4.50. The minimum atomic E-state index is -0.0858. The molecule has 0 spiro atoms. The summed E-state index contributed by atoms with van der Waals surface area (Å²) >= 11 is 0. The molecule has 0 bridgehead atoms. The maximum atomic E-state index is 13.2. The molecule has 0 radical (unpaired) electrons. The van der Waals surface area contributed by atoms with Crippen LogP contribution in [0.1, 0.15) is 51.2 Å². The summed E-state index contributed by atoms with van der Waals surface area (Å²) in [6, 6.07) is 16.3. The lowest BCUT2D eigenvalue weighted by Crippen LogP contribution is -2.53. The smallest absolute Gasteiger partial charge is 0.322 e. The van der Waals surface area contributed by atoms with Gasteiger partial charge in [0, 0.05) is 37.1 Å². The minimum absolute atomic E-state index is 0.00675. The molecule has 2 N–H and O–H groups in total. The van der Waals surface area contributed by atoms with Gasteiger partial charge in [0.2, 0.25) is 0 Å². The standard InChI is InChI=1S/C28H36N4O2/c1-27(2)16-22(30-26(34)32-15-13-21-9-5-7-11-24(21)32)17-28(3,18-27)19-29-25(33)31-14-12-20-8-4-6-10-23(20)31/h4-11,22H,12-19H2,1-3H3,(H,29,33)(H,30,34)/t22-,28-/m1/s1. The van der Waals surface area contributed by atoms with E-state index < -0.39 is 0 Å². The normalized spacial score (nSPS) is 25.0. The van der Waals surface area contributed by atoms with Crippen molar-refractivity contribution in [1.82, 2.24) is 10.6 Å². The first-order valence-electron chi connectivity index (χ1n) is 12.5. The Morgan fingerprint density at radius 1 is 0.853 bits per heavy atom. The molecule has 2 atom stereocenters. The number of carbonyl (C=O) groups excluding carboxylic acids is 2. The predicted molar refractivity (Wildman–Crippen MR) is 136 cm³/mol. The molecule has 2 aromatic rings. The molecular weight excluding hydrogens is 424 g/mol. The Kier molecular flexibility index (Phi) is 5.78. The summed E-state index contributed by atoms with van der Waals surface area (Å²) in [6.45, 7) is 8.85. The lowest BCUT2D eigenvalue weighted by Gasteiger charge is -2.47. The summed E-state index contributed by atoms with van der Waals surface area (Å²) in [4.78, 5) is 30.0. The number of carbonyl (C=O) groups is 2. The van der Waals surface area contributed by atoms with Gasteiger partial charge in [-0.2, -0.15) is 0 Å². The molecule has 4 amide bonds. The van der Waals surface area contributed by atoms with E-state index in [2.05, 4.69) is 43.5 Å². The number of nitrogens with zero attached hydrogens (tertiary/aromatic N) is 2. The second-order valence-electron chi connectivity index (χ2n) is 11.4. The number of rotatable bonds is 3. The average Bonchev–Trinajstić information content (AvgIpc) is 3.41. The Morgan fingerprint density at radius 2 is 1.41 bits per heavy atom. The van der Waals surface area contributed by atoms with E-state index in [9.17, 15) is 9.59 Å². The molecule has 0 unspecified atom stereocenters. The van der Waals surface area contributed by atoms with E-state index in [1.165, 1.54) is 11.1 Å². The molecule has 2 aromatic carbocycles. The molecule has 1 fully saturated rings. The van der Waals surface area contributed by atoms with Crippen molar-refractivity contribution in [3.63, 3.8) is 0 Å². The SMILES string of the molecule is CC1(C)C[C@@H](NC(=O)N2CCc3ccccc32)C[C@@](C)(CNC(=O)N2CCc3ccccc32)C1. The minimum Gasteiger partial charge on any atom is -0.337 e. The molecular formula is C28H36N4O2. The Bertz CT molecular complexity index is 1100. The highest BCUT2D eigenvalue weighted by molar-refractivity contribution is 5.95. The second kappa shape index (κ2) is 8.64. The van der Waals surface area contributed by atoms with Gasteiger partial charge < -0.3 is 10.6 Å². The highest BCUT2D eigenvalue weighted by atomic mass is 16.2. The lowest BCUT2D eigenvalue weighted by atomic mass is 9.62. The van der Waals surface area contributed by atoms with Crippen LogP contribution in [0.5, 0.6) is 0 Å². The largest absolute Gasteiger partial charge is 0.337 e. The summed E-state index contributed by atoms with van der Waals surface area (Å²) in [5.74, 6) is 0. The summed E-state index contributed by atoms with van der Waals surface area (Å²) in [5.41, 5.74) is 4.50. The Labute approximate surface area is 202 Å². The van der Waals surface area contributed by atoms with Gasteiger partial charge in [0.25, 0.3) is 0 Å². The van der Waals surface area contributed by atoms with E-state index in [0.29, 0.717) is 6.54 Å². The van der Waals surface area contributed by atoms with Gasteiger partial charge >= 0.3 is 12.1 Å². The van der Waals surface area contributed by atoms with Gasteiger partial charge in [0.15, 0.2) is 0 Å². The summed E-state index contributed by atoms with van der Waals surface area (Å²) in [7, 11) is 0. The van der Waals surface area contributed by atoms with Crippen LogP contribution in [0, 0.1) is 10.8 Å². The number of hydrogen-bond acceptors (Lipinski definition) is 2. The third-order valence-electron chi connectivity index (χ3n) is 7.70. The Balaban J connectivity index is 1.23. The number of fused-ring (bicyclic) bond motifs is 2. The maximum Gasteiger partial charge on any atom is 0.322 e. The number of hydrogen-bond donors (Lipinski definition) is 2. The molecule has 5 rings (SSSR count). The number of nitrogens with one attached hydrogen (secondary N) is 2. The predicted octanol–water partition coefficient (Wildman–Crippen LogP) is 5.12. The summed E-state index contributed by atoms with van der Waals surface area (Å²) < 4.78 is 0. The van der Waals surface area contributed by atoms with Gasteiger partial charge in [-0.25, -0.2) is 9.59 Å². The van der Waals surface area contributed by atoms with Crippen LogP contribution < -0.4 is 20.4 Å². The van der Waals surface area contributed by atoms with E-state index in [-0.39, 0.29) is 28.9 Å². The van der Waals surface area contributed by atoms with E-state index in [0.717, 1.165) is 56.6 Å². The van der Waals surface area contributed by atoms with Crippen LogP contribution in [0.4, 0.5) is 21.0 Å². The molecule has 0 saturated heterocycles. The van der Waals surface area contributed by atoms with Crippen LogP contribution in [0.3, 0.4) is 0 Å². The Morgan fingerprint density at radius 3 is 2.03 bits per heavy atom. The van der Waals surface area contributed by atoms with Gasteiger partial charge in [-0.1, -0.05) is 57.2 Å². The van der Waals surface area contributed by atoms with Crippen molar-refractivity contribution >= 4 is 23.4 Å². The lowest BCUT2D eigenvalue weighted by molar-refractivity contribution is 0.0756. The molecule has 1 aliphatic carbocycles. The van der Waals surface area contributed by atoms with Gasteiger partial charge in [-0.15, -0.1) is 0 Å². The van der Waals surface area contributed by atoms with Crippen LogP contribution in [-0.4, -0.2) is 37.7 Å². The van der Waals surface area contributed by atoms with Gasteiger partial charge in [0.1, 0.15) is 0 Å². The quantitative estimate of drug-likeness (QED) is 0.668. The second-order valence-corrected chi connectivity index (χ2v) is 11.4. The molecule has 2 aliphatic heterocycles. The van der Waals surface area contributed by atoms with Gasteiger partial charge in [0.05, 0.1) is 0 Å². The van der Waals surface area contributed by atoms with Crippen molar-refractivity contribution in [3.05, 3.63) is 59.7 Å². The number of anilines is 2. The van der Waals surface area contributed by atoms with Crippen molar-refractivity contribution in [2.75, 3.05) is 29.4 Å². The van der Waals surface area contributed by atoms with E-state index in [1.807, 2.05) is 46.2 Å². The number of amides is 4. The molecule has 34 heavy (non-hydrogen) atoms. The molecule has 2 heterocycles. The molecule has 0 aromatic heterocycles. The van der Waals surface area contributed by atoms with Crippen LogP contribution >= 0.6 is 0 Å². The van der Waals surface area contributed by atoms with Crippen molar-refractivity contribution in [3.8, 4) is 0 Å². The van der Waals surface area contributed by atoms with Gasteiger partial charge in [-0.05, 0) is 66.2 Å². The Hall–Kier alpha value is -3.02. The first-order valence-corrected chi connectivity index (χ1v) is 12.5. The maximum absolute atomic E-state index is 13.2. The molecule has 6 nitrogen and oxygen atoms in total. The van der Waals surface area contributed by atoms with Crippen LogP contribution in [0.2, 0.25) is 0 Å². The van der Waals surface area contributed by atoms with Crippen LogP contribution in [0.15, 0.2) is 48.5 Å². The fourth-order valence-corrected chi connectivity index (χ4v) is 6.61. The average molecular weight is 461 g/mol. The van der Waals surface area contributed by atoms with E-state index in [4.69, 9.17) is 0 Å². The number of para-hydroxylation sites is 2. The van der Waals surface area contributed by atoms with Gasteiger partial charge in [-0.3, -0.25) is 9.80 Å². The van der Waals surface area contributed by atoms with Crippen LogP contribution in [0.25, 0.3) is 0 Å². The third-order valence-corrected chi connectivity index (χ3v) is 7.70. The van der Waals surface area contributed by atoms with Crippen molar-refractivity contribution < 1.29 is 9.59 Å². The zero-order valence-corrected chi connectivity index (χ0v) is 20.6. The molecule has 180 valence electrons. The van der Waals surface area contributed by atoms with Crippen LogP contribution in [-0.2, 0) is 12.8 Å². The topological polar surface area (TPSA) is 64.7 Å². The fourth-order valence-electron chi connectivity index (χ4n) is 6.61. The molecule has 1 saturated carbocycles. The first kappa shape index (κ1) is 22.8. The molecule has 6 heteroatoms. The van der Waals surface area contributed by atoms with Crippen molar-refractivity contribution in [1.29, 1.82) is 0 Å². The van der Waals surface area contributed by atoms with Crippen molar-refractivity contribution in [2.24, 2.45) is 10.8 Å².